The molecule has 4 N–H and O–H groups in total. The number of nitrogens with zero attached hydrogens (tertiary/aromatic N) is 1. The number of hydrogen-bond donors (Lipinski definition) is 4. The van der Waals surface area contributed by atoms with Crippen LogP contribution in [0.1, 0.15) is 59.1 Å². The zero-order valence-corrected chi connectivity index (χ0v) is 16.7. The summed E-state index contributed by atoms with van der Waals surface area (Å²) in [7, 11) is 0. The molecule has 4 rings (SSSR count). The van der Waals surface area contributed by atoms with E-state index in [-0.39, 0.29) is 0 Å². The quantitative estimate of drug-likeness (QED) is 0.600. The molecule has 1 heterocycles. The first-order chi connectivity index (χ1) is 14.5. The lowest BCUT2D eigenvalue weighted by molar-refractivity contribution is -0.231. The molecule has 1 saturated heterocycles. The number of ether oxygens (including phenoxy) is 1. The highest BCUT2D eigenvalue weighted by Crippen LogP contribution is 2.37. The fraction of sp³-hybridized carbons (Fsp3) is 0.458. The van der Waals surface area contributed by atoms with Crippen LogP contribution in [0.4, 0.5) is 0 Å². The van der Waals surface area contributed by atoms with E-state index in [2.05, 4.69) is 30.3 Å². The number of hydrogen-bond acceptors (Lipinski definition) is 6. The van der Waals surface area contributed by atoms with Gasteiger partial charge in [-0.05, 0) is 53.5 Å². The Kier molecular flexibility index (Phi) is 6.19. The van der Waals surface area contributed by atoms with Crippen molar-refractivity contribution >= 4 is 0 Å². The summed E-state index contributed by atoms with van der Waals surface area (Å²) in [6.07, 6.45) is -1.70. The average Bonchev–Trinajstić information content (AvgIpc) is 2.72. The Balaban J connectivity index is 1.58. The van der Waals surface area contributed by atoms with Crippen LogP contribution in [-0.2, 0) is 11.2 Å². The van der Waals surface area contributed by atoms with Crippen LogP contribution in [-0.4, -0.2) is 51.4 Å². The maximum absolute atomic E-state index is 10.4. The molecule has 30 heavy (non-hydrogen) atoms. The third-order valence-corrected chi connectivity index (χ3v) is 6.42. The lowest BCUT2D eigenvalue weighted by atomic mass is 9.80. The zero-order chi connectivity index (χ0) is 21.3. The molecule has 6 nitrogen and oxygen atoms in total. The first-order valence-corrected chi connectivity index (χ1v) is 10.4. The van der Waals surface area contributed by atoms with Crippen LogP contribution in [0.25, 0.3) is 0 Å². The number of aliphatic hydroxyl groups is 4. The van der Waals surface area contributed by atoms with Crippen LogP contribution in [0.2, 0.25) is 0 Å². The first kappa shape index (κ1) is 21.0. The average molecular weight is 409 g/mol. The van der Waals surface area contributed by atoms with Crippen molar-refractivity contribution in [1.29, 1.82) is 5.26 Å². The summed E-state index contributed by atoms with van der Waals surface area (Å²) in [5, 5.41) is 49.4. The molecular weight excluding hydrogens is 382 g/mol. The molecule has 1 aliphatic heterocycles. The molecule has 158 valence electrons. The summed E-state index contributed by atoms with van der Waals surface area (Å²) in [6.45, 7) is -0.474. The highest BCUT2D eigenvalue weighted by molar-refractivity contribution is 5.44. The van der Waals surface area contributed by atoms with Crippen molar-refractivity contribution in [2.45, 2.75) is 62.1 Å². The predicted octanol–water partition coefficient (Wildman–Crippen LogP) is 1.93. The second-order valence-electron chi connectivity index (χ2n) is 8.32. The van der Waals surface area contributed by atoms with Gasteiger partial charge in [0.25, 0.3) is 0 Å². The van der Waals surface area contributed by atoms with E-state index in [1.165, 1.54) is 24.8 Å². The van der Waals surface area contributed by atoms with Gasteiger partial charge >= 0.3 is 0 Å². The smallest absolute Gasteiger partial charge is 0.113 e. The maximum atomic E-state index is 10.4. The van der Waals surface area contributed by atoms with Crippen molar-refractivity contribution in [3.63, 3.8) is 0 Å². The van der Waals surface area contributed by atoms with Crippen molar-refractivity contribution in [1.82, 2.24) is 0 Å². The molecule has 1 saturated carbocycles. The predicted molar refractivity (Wildman–Crippen MR) is 110 cm³/mol. The van der Waals surface area contributed by atoms with E-state index in [0.717, 1.165) is 11.1 Å². The molecule has 1 aliphatic carbocycles. The fourth-order valence-corrected chi connectivity index (χ4v) is 4.29. The Labute approximate surface area is 176 Å². The highest BCUT2D eigenvalue weighted by atomic mass is 16.5. The van der Waals surface area contributed by atoms with E-state index in [1.54, 1.807) is 18.2 Å². The van der Waals surface area contributed by atoms with Crippen LogP contribution >= 0.6 is 0 Å². The molecule has 0 aromatic heterocycles. The van der Waals surface area contributed by atoms with Gasteiger partial charge < -0.3 is 25.2 Å². The fourth-order valence-electron chi connectivity index (χ4n) is 4.29. The third kappa shape index (κ3) is 4.00. The second kappa shape index (κ2) is 8.84. The summed E-state index contributed by atoms with van der Waals surface area (Å²) in [4.78, 5) is 0. The van der Waals surface area contributed by atoms with Gasteiger partial charge in [0, 0.05) is 0 Å². The van der Waals surface area contributed by atoms with E-state index in [0.29, 0.717) is 23.5 Å². The van der Waals surface area contributed by atoms with Gasteiger partial charge in [0.1, 0.15) is 30.5 Å². The van der Waals surface area contributed by atoms with Crippen molar-refractivity contribution in [3.05, 3.63) is 70.3 Å². The molecule has 2 aliphatic rings. The van der Waals surface area contributed by atoms with Crippen LogP contribution in [0.5, 0.6) is 0 Å². The van der Waals surface area contributed by atoms with Gasteiger partial charge in [0.05, 0.1) is 18.2 Å². The van der Waals surface area contributed by atoms with Gasteiger partial charge in [0.2, 0.25) is 0 Å². The molecule has 0 spiro atoms. The van der Waals surface area contributed by atoms with Crippen LogP contribution in [0.15, 0.2) is 42.5 Å². The first-order valence-electron chi connectivity index (χ1n) is 10.4. The minimum Gasteiger partial charge on any atom is -0.394 e. The number of aliphatic hydroxyl groups excluding tert-OH is 4. The van der Waals surface area contributed by atoms with E-state index >= 15 is 0 Å². The third-order valence-electron chi connectivity index (χ3n) is 6.42. The summed E-state index contributed by atoms with van der Waals surface area (Å²) in [5.41, 5.74) is 4.36. The highest BCUT2D eigenvalue weighted by Gasteiger charge is 2.44. The topological polar surface area (TPSA) is 114 Å². The van der Waals surface area contributed by atoms with Crippen LogP contribution in [0, 0.1) is 11.3 Å². The Morgan fingerprint density at radius 2 is 1.63 bits per heavy atom. The normalized spacial score (nSPS) is 29.2. The molecule has 2 aromatic carbocycles. The van der Waals surface area contributed by atoms with Crippen molar-refractivity contribution in [2.75, 3.05) is 6.61 Å². The van der Waals surface area contributed by atoms with Gasteiger partial charge in [-0.1, -0.05) is 42.8 Å². The molecule has 2 aromatic rings. The summed E-state index contributed by atoms with van der Waals surface area (Å²) < 4.78 is 5.66. The lowest BCUT2D eigenvalue weighted by Crippen LogP contribution is -2.55. The Hall–Kier alpha value is -2.27. The van der Waals surface area contributed by atoms with E-state index in [4.69, 9.17) is 4.74 Å². The molecule has 0 amide bonds. The lowest BCUT2D eigenvalue weighted by Gasteiger charge is -2.40. The Morgan fingerprint density at radius 1 is 0.933 bits per heavy atom. The Morgan fingerprint density at radius 3 is 2.23 bits per heavy atom. The van der Waals surface area contributed by atoms with Gasteiger partial charge in [-0.2, -0.15) is 5.26 Å². The summed E-state index contributed by atoms with van der Waals surface area (Å²) >= 11 is 0. The standard InChI is InChI=1S/C24H27NO5/c25-12-18-9-8-17(24-23(29)22(28)21(27)20(13-26)30-24)11-19(18)10-14-4-6-16(7-5-14)15-2-1-3-15/h4-9,11,15,20-24,26-29H,1-3,10,13H2/t20-,21-,22+,23-,24+/m1/s1. The largest absolute Gasteiger partial charge is 0.394 e. The van der Waals surface area contributed by atoms with E-state index in [9.17, 15) is 25.7 Å². The SMILES string of the molecule is N#Cc1ccc([C@@H]2O[C@H](CO)[C@@H](O)[C@H](O)[C@H]2O)cc1Cc1ccc(C2CCC2)cc1. The molecule has 2 fully saturated rings. The molecule has 6 heteroatoms. The van der Waals surface area contributed by atoms with Crippen molar-refractivity contribution < 1.29 is 25.2 Å². The maximum Gasteiger partial charge on any atom is 0.113 e. The summed E-state index contributed by atoms with van der Waals surface area (Å²) in [6, 6.07) is 15.9. The minimum absolute atomic E-state index is 0.474. The minimum atomic E-state index is -1.43. The van der Waals surface area contributed by atoms with Crippen molar-refractivity contribution in [2.24, 2.45) is 0 Å². The van der Waals surface area contributed by atoms with Crippen LogP contribution in [0.3, 0.4) is 0 Å². The van der Waals surface area contributed by atoms with Crippen LogP contribution < -0.4 is 0 Å². The number of nitriles is 1. The van der Waals surface area contributed by atoms with E-state index in [1.807, 2.05) is 0 Å². The Bertz CT molecular complexity index is 916. The van der Waals surface area contributed by atoms with Gasteiger partial charge in [0.15, 0.2) is 0 Å². The molecule has 5 atom stereocenters. The molecule has 0 bridgehead atoms. The van der Waals surface area contributed by atoms with Crippen molar-refractivity contribution in [3.8, 4) is 6.07 Å². The number of rotatable bonds is 5. The van der Waals surface area contributed by atoms with Gasteiger partial charge in [-0.15, -0.1) is 0 Å². The number of benzene rings is 2. The monoisotopic (exact) mass is 409 g/mol. The molecule has 0 radical (unpaired) electrons. The van der Waals surface area contributed by atoms with E-state index < -0.39 is 37.1 Å². The molecular formula is C24H27NO5. The molecule has 0 unspecified atom stereocenters. The van der Waals surface area contributed by atoms with Gasteiger partial charge in [-0.25, -0.2) is 0 Å². The summed E-state index contributed by atoms with van der Waals surface area (Å²) in [5.74, 6) is 0.670. The second-order valence-corrected chi connectivity index (χ2v) is 8.32. The van der Waals surface area contributed by atoms with Gasteiger partial charge in [-0.3, -0.25) is 0 Å². The zero-order valence-electron chi connectivity index (χ0n) is 16.7.